The Kier molecular flexibility index (Phi) is 12.0. The van der Waals surface area contributed by atoms with E-state index in [4.69, 9.17) is 0 Å². The fourth-order valence-corrected chi connectivity index (χ4v) is 9.06. The molecule has 6 aromatic rings. The van der Waals surface area contributed by atoms with Crippen LogP contribution < -0.4 is 21.5 Å². The average Bonchev–Trinajstić information content (AvgIpc) is 3.58. The minimum atomic E-state index is -1.12. The van der Waals surface area contributed by atoms with Gasteiger partial charge < -0.3 is 39.8 Å². The second-order valence-corrected chi connectivity index (χ2v) is 16.8. The predicted octanol–water partition coefficient (Wildman–Crippen LogP) is 5.28. The Balaban J connectivity index is 0.000000174. The van der Waals surface area contributed by atoms with Crippen LogP contribution in [0.3, 0.4) is 0 Å². The van der Waals surface area contributed by atoms with E-state index < -0.39 is 116 Å². The summed E-state index contributed by atoms with van der Waals surface area (Å²) in [6.07, 6.45) is 2.60. The number of rotatable bonds is 6. The lowest BCUT2D eigenvalue weighted by Crippen LogP contribution is -2.45. The fourth-order valence-electron chi connectivity index (χ4n) is 9.06. The third kappa shape index (κ3) is 8.27. The highest BCUT2D eigenvalue weighted by atomic mass is 19.2. The van der Waals surface area contributed by atoms with Crippen molar-refractivity contribution in [2.45, 2.75) is 38.0 Å². The van der Waals surface area contributed by atoms with Crippen molar-refractivity contribution >= 4 is 23.6 Å². The van der Waals surface area contributed by atoms with Crippen LogP contribution in [0, 0.1) is 46.5 Å². The van der Waals surface area contributed by atoms with Crippen molar-refractivity contribution in [3.63, 3.8) is 0 Å². The Bertz CT molecular complexity index is 3160. The van der Waals surface area contributed by atoms with Crippen LogP contribution in [0.5, 0.6) is 11.5 Å². The largest absolute Gasteiger partial charge is 0.503 e. The number of hydrogen-bond acceptors (Lipinski definition) is 8. The van der Waals surface area contributed by atoms with E-state index in [-0.39, 0.29) is 74.6 Å². The molecule has 0 saturated heterocycles. The van der Waals surface area contributed by atoms with E-state index >= 15 is 0 Å². The van der Waals surface area contributed by atoms with Crippen molar-refractivity contribution < 1.29 is 64.5 Å². The lowest BCUT2D eigenvalue weighted by atomic mass is 9.97. The number of halogens is 8. The van der Waals surface area contributed by atoms with Crippen molar-refractivity contribution in [1.29, 1.82) is 0 Å². The number of benzene rings is 4. The molecule has 360 valence electrons. The summed E-state index contributed by atoms with van der Waals surface area (Å²) in [6.45, 7) is -0.339. The molecule has 0 fully saturated rings. The number of nitrogens with zero attached hydrogens (tertiary/aromatic N) is 4. The SMILES string of the molecule is O=C(NCc1ccc(F)cc1F)c1cn2c(c(O)c1=O)C(=O)N1CCc3cc(F)c(F)cc3[C@@H]2C1.O=C(NCc1ccc(F)cc1F)c1cn2c(c(O)c1=O)C(=O)N1CCc3cc(F)c(F)cc3[C@H]2C1. The van der Waals surface area contributed by atoms with E-state index in [9.17, 15) is 74.1 Å². The molecule has 0 saturated carbocycles. The first-order chi connectivity index (χ1) is 33.3. The monoisotopic (exact) mass is 974 g/mol. The van der Waals surface area contributed by atoms with Crippen molar-refractivity contribution in [2.24, 2.45) is 0 Å². The number of aromatic hydroxyl groups is 2. The number of pyridine rings is 2. The van der Waals surface area contributed by atoms with Crippen LogP contribution >= 0.6 is 0 Å². The van der Waals surface area contributed by atoms with Gasteiger partial charge in [0.25, 0.3) is 23.6 Å². The number of carbonyl (C=O) groups is 4. The Morgan fingerprint density at radius 2 is 0.900 bits per heavy atom. The lowest BCUT2D eigenvalue weighted by molar-refractivity contribution is 0.0679. The van der Waals surface area contributed by atoms with Crippen LogP contribution in [0.15, 0.2) is 82.6 Å². The van der Waals surface area contributed by atoms with Gasteiger partial charge in [-0.05, 0) is 71.5 Å². The first kappa shape index (κ1) is 46.8. The van der Waals surface area contributed by atoms with Crippen LogP contribution in [0.1, 0.15) is 87.2 Å². The summed E-state index contributed by atoms with van der Waals surface area (Å²) in [5.41, 5.74) is -2.53. The van der Waals surface area contributed by atoms with Gasteiger partial charge in [-0.25, -0.2) is 35.1 Å². The number of hydrogen-bond donors (Lipinski definition) is 4. The summed E-state index contributed by atoms with van der Waals surface area (Å²) in [5.74, 6) is -12.9. The van der Waals surface area contributed by atoms with Gasteiger partial charge in [-0.3, -0.25) is 28.8 Å². The van der Waals surface area contributed by atoms with Crippen LogP contribution in [-0.2, 0) is 25.9 Å². The maximum atomic E-state index is 14.1. The van der Waals surface area contributed by atoms with Crippen LogP contribution in [0.4, 0.5) is 35.1 Å². The zero-order chi connectivity index (χ0) is 50.0. The van der Waals surface area contributed by atoms with Gasteiger partial charge in [0.1, 0.15) is 34.4 Å². The molecule has 4 aromatic carbocycles. The van der Waals surface area contributed by atoms with Gasteiger partial charge >= 0.3 is 0 Å². The quantitative estimate of drug-likeness (QED) is 0.163. The molecular weight excluding hydrogens is 941 g/mol. The summed E-state index contributed by atoms with van der Waals surface area (Å²) in [7, 11) is 0. The molecule has 0 aliphatic carbocycles. The third-order valence-corrected chi connectivity index (χ3v) is 12.6. The number of amides is 4. The first-order valence-electron chi connectivity index (χ1n) is 21.3. The Morgan fingerprint density at radius 3 is 1.27 bits per heavy atom. The number of aromatic nitrogens is 2. The molecule has 70 heavy (non-hydrogen) atoms. The molecule has 2 aromatic heterocycles. The highest BCUT2D eigenvalue weighted by Gasteiger charge is 2.41. The summed E-state index contributed by atoms with van der Waals surface area (Å²) in [6, 6.07) is 8.05. The standard InChI is InChI=1S/2C24H17F4N3O4/c2*25-13-2-1-12(16(26)6-13)8-29-23(34)15-9-31-19-10-30(24(35)20(31)22(33)21(15)32)4-3-11-5-17(27)18(28)7-14(11)19/h2*1-2,5-7,9,19,33H,3-4,8,10H2,(H,29,34)/t2*19-/m10/s1. The molecular formula is C48H34F8N6O8. The molecule has 4 bridgehead atoms. The molecule has 4 aliphatic heterocycles. The van der Waals surface area contributed by atoms with Crippen LogP contribution in [-0.4, -0.2) is 79.0 Å². The van der Waals surface area contributed by atoms with Crippen molar-refractivity contribution in [1.82, 2.24) is 29.6 Å². The molecule has 4 amide bonds. The fraction of sp³-hybridized carbons (Fsp3) is 0.208. The second-order valence-electron chi connectivity index (χ2n) is 16.8. The van der Waals surface area contributed by atoms with E-state index in [1.54, 1.807) is 0 Å². The molecule has 14 nitrogen and oxygen atoms in total. The van der Waals surface area contributed by atoms with Gasteiger partial charge in [-0.1, -0.05) is 12.1 Å². The second kappa shape index (κ2) is 18.0. The van der Waals surface area contributed by atoms with Gasteiger partial charge in [0, 0.05) is 74.9 Å². The minimum Gasteiger partial charge on any atom is -0.503 e. The van der Waals surface area contributed by atoms with Crippen LogP contribution in [0.2, 0.25) is 0 Å². The van der Waals surface area contributed by atoms with E-state index in [0.717, 1.165) is 60.9 Å². The third-order valence-electron chi connectivity index (χ3n) is 12.6. The molecule has 4 aliphatic rings. The van der Waals surface area contributed by atoms with E-state index in [1.807, 2.05) is 0 Å². The molecule has 0 unspecified atom stereocenters. The first-order valence-corrected chi connectivity index (χ1v) is 21.3. The predicted molar refractivity (Wildman–Crippen MR) is 228 cm³/mol. The van der Waals surface area contributed by atoms with Crippen molar-refractivity contribution in [3.8, 4) is 11.5 Å². The van der Waals surface area contributed by atoms with Gasteiger partial charge in [0.05, 0.1) is 12.1 Å². The summed E-state index contributed by atoms with van der Waals surface area (Å²) in [5, 5.41) is 25.9. The number of nitrogens with one attached hydrogen (secondary N) is 2. The van der Waals surface area contributed by atoms with Gasteiger partial charge in [-0.2, -0.15) is 0 Å². The van der Waals surface area contributed by atoms with Crippen molar-refractivity contribution in [3.05, 3.63) is 196 Å². The minimum absolute atomic E-state index is 0.0388. The normalized spacial score (nSPS) is 16.4. The Labute approximate surface area is 388 Å². The van der Waals surface area contributed by atoms with Crippen LogP contribution in [0.25, 0.3) is 0 Å². The molecule has 4 N–H and O–H groups in total. The highest BCUT2D eigenvalue weighted by molar-refractivity contribution is 6.00. The smallest absolute Gasteiger partial charge is 0.274 e. The molecule has 0 radical (unpaired) electrons. The van der Waals surface area contributed by atoms with Gasteiger partial charge in [0.15, 0.2) is 46.2 Å². The summed E-state index contributed by atoms with van der Waals surface area (Å²) >= 11 is 0. The zero-order valence-electron chi connectivity index (χ0n) is 35.9. The molecule has 10 rings (SSSR count). The number of carbonyl (C=O) groups excluding carboxylic acids is 4. The lowest BCUT2D eigenvalue weighted by Gasteiger charge is -2.35. The van der Waals surface area contributed by atoms with Gasteiger partial charge in [-0.15, -0.1) is 0 Å². The molecule has 2 atom stereocenters. The molecule has 0 spiro atoms. The average molecular weight is 975 g/mol. The van der Waals surface area contributed by atoms with Gasteiger partial charge in [0.2, 0.25) is 10.9 Å². The highest BCUT2D eigenvalue weighted by Crippen LogP contribution is 2.38. The maximum Gasteiger partial charge on any atom is 0.274 e. The Morgan fingerprint density at radius 1 is 0.529 bits per heavy atom. The van der Waals surface area contributed by atoms with E-state index in [2.05, 4.69) is 10.6 Å². The number of fused-ring (bicyclic) bond motifs is 12. The zero-order valence-corrected chi connectivity index (χ0v) is 35.9. The topological polar surface area (TPSA) is 183 Å². The molecule has 22 heteroatoms. The summed E-state index contributed by atoms with van der Waals surface area (Å²) in [4.78, 5) is 79.8. The maximum absolute atomic E-state index is 14.1. The Hall–Kier alpha value is -8.30. The van der Waals surface area contributed by atoms with E-state index in [1.165, 1.54) is 18.9 Å². The molecule has 6 heterocycles. The summed E-state index contributed by atoms with van der Waals surface area (Å²) < 4.78 is 112. The van der Waals surface area contributed by atoms with E-state index in [0.29, 0.717) is 34.4 Å². The van der Waals surface area contributed by atoms with Crippen molar-refractivity contribution in [2.75, 3.05) is 26.2 Å².